The molecule has 160 valence electrons. The van der Waals surface area contributed by atoms with Gasteiger partial charge in [-0.05, 0) is 35.2 Å². The quantitative estimate of drug-likeness (QED) is 0.362. The van der Waals surface area contributed by atoms with Gasteiger partial charge in [-0.25, -0.2) is 4.99 Å². The Bertz CT molecular complexity index is 884. The van der Waals surface area contributed by atoms with Gasteiger partial charge in [-0.15, -0.1) is 0 Å². The van der Waals surface area contributed by atoms with Crippen molar-refractivity contribution in [3.63, 3.8) is 0 Å². The minimum absolute atomic E-state index is 0.163. The molecule has 0 radical (unpaired) electrons. The van der Waals surface area contributed by atoms with E-state index in [0.29, 0.717) is 36.1 Å². The molecule has 6 nitrogen and oxygen atoms in total. The Morgan fingerprint density at radius 3 is 2.53 bits per heavy atom. The minimum Gasteiger partial charge on any atom is -0.370 e. The van der Waals surface area contributed by atoms with Crippen LogP contribution in [0.2, 0.25) is 5.02 Å². The Labute approximate surface area is 183 Å². The van der Waals surface area contributed by atoms with Gasteiger partial charge in [-0.1, -0.05) is 55.8 Å². The van der Waals surface area contributed by atoms with Gasteiger partial charge in [0.25, 0.3) is 5.91 Å². The summed E-state index contributed by atoms with van der Waals surface area (Å²) in [7, 11) is 1.81. The third-order valence-corrected chi connectivity index (χ3v) is 4.95. The van der Waals surface area contributed by atoms with E-state index in [0.717, 1.165) is 17.4 Å². The molecule has 2 rings (SSSR count). The third kappa shape index (κ3) is 7.19. The first-order valence-corrected chi connectivity index (χ1v) is 10.3. The van der Waals surface area contributed by atoms with Crippen LogP contribution in [0.25, 0.3) is 0 Å². The molecule has 0 fully saturated rings. The lowest BCUT2D eigenvalue weighted by molar-refractivity contribution is -0.108. The Balaban J connectivity index is 2.08. The van der Waals surface area contributed by atoms with E-state index in [-0.39, 0.29) is 17.9 Å². The molecule has 1 unspecified atom stereocenters. The second-order valence-corrected chi connectivity index (χ2v) is 8.01. The van der Waals surface area contributed by atoms with Gasteiger partial charge >= 0.3 is 0 Å². The topological polar surface area (TPSA) is 87.8 Å². The zero-order valence-corrected chi connectivity index (χ0v) is 18.4. The van der Waals surface area contributed by atoms with Crippen LogP contribution in [-0.2, 0) is 17.9 Å². The molecule has 0 saturated carbocycles. The summed E-state index contributed by atoms with van der Waals surface area (Å²) in [5.74, 6) is 0.344. The summed E-state index contributed by atoms with van der Waals surface area (Å²) in [6.45, 7) is 4.87. The number of benzene rings is 2. The number of aldehydes is 1. The van der Waals surface area contributed by atoms with Gasteiger partial charge < -0.3 is 20.7 Å². The molecule has 2 aromatic rings. The van der Waals surface area contributed by atoms with Crippen LogP contribution in [0.5, 0.6) is 0 Å². The van der Waals surface area contributed by atoms with Crippen LogP contribution in [-0.4, -0.2) is 36.1 Å². The van der Waals surface area contributed by atoms with Crippen molar-refractivity contribution in [3.8, 4) is 0 Å². The molecule has 0 bridgehead atoms. The molecule has 0 saturated heterocycles. The number of aliphatic imine (C=N–C) groups is 1. The van der Waals surface area contributed by atoms with Gasteiger partial charge in [0.1, 0.15) is 6.29 Å². The summed E-state index contributed by atoms with van der Waals surface area (Å²) in [5, 5.41) is 3.38. The van der Waals surface area contributed by atoms with Crippen molar-refractivity contribution in [2.24, 2.45) is 16.6 Å². The smallest absolute Gasteiger partial charge is 0.251 e. The summed E-state index contributed by atoms with van der Waals surface area (Å²) < 4.78 is 0. The SMILES string of the molecule is CC(C)C(CC=O)N=C(N)N(C)Cc1cc(Cl)cc(C(=O)NCc2ccccc2)c1. The van der Waals surface area contributed by atoms with E-state index >= 15 is 0 Å². The number of guanidine groups is 1. The molecule has 1 atom stereocenters. The Hall–Kier alpha value is -2.86. The van der Waals surface area contributed by atoms with E-state index < -0.39 is 0 Å². The van der Waals surface area contributed by atoms with Gasteiger partial charge in [0.2, 0.25) is 0 Å². The molecule has 1 amide bonds. The largest absolute Gasteiger partial charge is 0.370 e. The van der Waals surface area contributed by atoms with Crippen molar-refractivity contribution in [1.82, 2.24) is 10.2 Å². The molecule has 7 heteroatoms. The van der Waals surface area contributed by atoms with Crippen molar-refractivity contribution in [1.29, 1.82) is 0 Å². The van der Waals surface area contributed by atoms with Gasteiger partial charge in [0, 0.05) is 37.1 Å². The Morgan fingerprint density at radius 2 is 1.90 bits per heavy atom. The summed E-state index contributed by atoms with van der Waals surface area (Å²) >= 11 is 6.24. The van der Waals surface area contributed by atoms with Crippen LogP contribution in [0.3, 0.4) is 0 Å². The fourth-order valence-electron chi connectivity index (χ4n) is 2.95. The van der Waals surface area contributed by atoms with Crippen LogP contribution < -0.4 is 11.1 Å². The predicted molar refractivity (Wildman–Crippen MR) is 121 cm³/mol. The highest BCUT2D eigenvalue weighted by molar-refractivity contribution is 6.31. The van der Waals surface area contributed by atoms with Crippen LogP contribution in [0, 0.1) is 5.92 Å². The number of amides is 1. The zero-order chi connectivity index (χ0) is 22.1. The van der Waals surface area contributed by atoms with Crippen LogP contribution in [0.15, 0.2) is 53.5 Å². The van der Waals surface area contributed by atoms with Crippen LogP contribution in [0.1, 0.15) is 41.8 Å². The first-order chi connectivity index (χ1) is 14.3. The average Bonchev–Trinajstić information content (AvgIpc) is 2.71. The van der Waals surface area contributed by atoms with E-state index in [1.165, 1.54) is 0 Å². The number of carbonyl (C=O) groups is 2. The van der Waals surface area contributed by atoms with Crippen LogP contribution in [0.4, 0.5) is 0 Å². The Kier molecular flexibility index (Phi) is 8.87. The summed E-state index contributed by atoms with van der Waals surface area (Å²) in [6, 6.07) is 14.8. The van der Waals surface area contributed by atoms with Gasteiger partial charge in [0.15, 0.2) is 5.96 Å². The number of carbonyl (C=O) groups excluding carboxylic acids is 2. The molecule has 0 spiro atoms. The summed E-state index contributed by atoms with van der Waals surface area (Å²) in [4.78, 5) is 29.7. The number of hydrogen-bond donors (Lipinski definition) is 2. The normalized spacial score (nSPS) is 12.5. The highest BCUT2D eigenvalue weighted by Gasteiger charge is 2.15. The molecule has 30 heavy (non-hydrogen) atoms. The lowest BCUT2D eigenvalue weighted by atomic mass is 10.0. The number of nitrogens with two attached hydrogens (primary N) is 1. The molecular weight excluding hydrogens is 400 g/mol. The molecule has 0 aliphatic rings. The highest BCUT2D eigenvalue weighted by atomic mass is 35.5. The van der Waals surface area contributed by atoms with Gasteiger partial charge in [-0.2, -0.15) is 0 Å². The van der Waals surface area contributed by atoms with E-state index in [1.807, 2.05) is 51.2 Å². The van der Waals surface area contributed by atoms with Gasteiger partial charge in [0.05, 0.1) is 6.04 Å². The number of hydrogen-bond acceptors (Lipinski definition) is 3. The second-order valence-electron chi connectivity index (χ2n) is 7.57. The van der Waals surface area contributed by atoms with E-state index in [1.54, 1.807) is 23.1 Å². The molecule has 3 N–H and O–H groups in total. The third-order valence-electron chi connectivity index (χ3n) is 4.73. The first kappa shape index (κ1) is 23.4. The minimum atomic E-state index is -0.197. The molecular formula is C23H29ClN4O2. The Morgan fingerprint density at radius 1 is 1.20 bits per heavy atom. The van der Waals surface area contributed by atoms with Crippen LogP contribution >= 0.6 is 11.6 Å². The summed E-state index contributed by atoms with van der Waals surface area (Å²) in [6.07, 6.45) is 1.19. The standard InChI is InChI=1S/C23H29ClN4O2/c1-16(2)21(9-10-29)27-23(25)28(3)15-18-11-19(13-20(24)12-18)22(30)26-14-17-7-5-4-6-8-17/h4-8,10-13,16,21H,9,14-15H2,1-3H3,(H2,25,27)(H,26,30). The van der Waals surface area contributed by atoms with Crippen molar-refractivity contribution in [2.75, 3.05) is 7.05 Å². The zero-order valence-electron chi connectivity index (χ0n) is 17.6. The van der Waals surface area contributed by atoms with Crippen molar-refractivity contribution < 1.29 is 9.59 Å². The van der Waals surface area contributed by atoms with Crippen molar-refractivity contribution in [3.05, 3.63) is 70.2 Å². The number of nitrogens with zero attached hydrogens (tertiary/aromatic N) is 2. The lowest BCUT2D eigenvalue weighted by Crippen LogP contribution is -2.35. The van der Waals surface area contributed by atoms with E-state index in [4.69, 9.17) is 17.3 Å². The fourth-order valence-corrected chi connectivity index (χ4v) is 3.21. The van der Waals surface area contributed by atoms with Gasteiger partial charge in [-0.3, -0.25) is 4.79 Å². The lowest BCUT2D eigenvalue weighted by Gasteiger charge is -2.22. The average molecular weight is 429 g/mol. The predicted octanol–water partition coefficient (Wildman–Crippen LogP) is 3.63. The number of nitrogens with one attached hydrogen (secondary N) is 1. The fraction of sp³-hybridized carbons (Fsp3) is 0.348. The molecule has 0 aliphatic heterocycles. The molecule has 2 aromatic carbocycles. The number of rotatable bonds is 9. The second kappa shape index (κ2) is 11.4. The highest BCUT2D eigenvalue weighted by Crippen LogP contribution is 2.17. The maximum atomic E-state index is 12.6. The van der Waals surface area contributed by atoms with E-state index in [2.05, 4.69) is 10.3 Å². The molecule has 0 aromatic heterocycles. The van der Waals surface area contributed by atoms with Crippen molar-refractivity contribution >= 4 is 29.8 Å². The maximum Gasteiger partial charge on any atom is 0.251 e. The molecule has 0 aliphatic carbocycles. The van der Waals surface area contributed by atoms with Crippen molar-refractivity contribution in [2.45, 2.75) is 39.4 Å². The molecule has 0 heterocycles. The maximum absolute atomic E-state index is 12.6. The number of halogens is 1. The first-order valence-electron chi connectivity index (χ1n) is 9.89. The monoisotopic (exact) mass is 428 g/mol. The summed E-state index contributed by atoms with van der Waals surface area (Å²) in [5.41, 5.74) is 8.47. The van der Waals surface area contributed by atoms with E-state index in [9.17, 15) is 9.59 Å².